The number of benzene rings is 1. The maximum absolute atomic E-state index is 12.0. The smallest absolute Gasteiger partial charge is 0.335 e. The number of carbonyl (C=O) groups excluding carboxylic acids is 1. The van der Waals surface area contributed by atoms with Crippen molar-refractivity contribution in [3.8, 4) is 0 Å². The number of aromatic nitrogens is 2. The molecule has 0 bridgehead atoms. The van der Waals surface area contributed by atoms with Gasteiger partial charge in [-0.25, -0.2) is 14.3 Å². The second-order valence-corrected chi connectivity index (χ2v) is 5.56. The molecule has 1 aliphatic rings. The lowest BCUT2D eigenvalue weighted by molar-refractivity contribution is 0.0696. The average Bonchev–Trinajstić information content (AvgIpc) is 2.91. The molecule has 3 rings (SSSR count). The van der Waals surface area contributed by atoms with Crippen LogP contribution < -0.4 is 10.6 Å². The molecule has 1 aromatic carbocycles. The molecule has 120 valence electrons. The highest BCUT2D eigenvalue weighted by atomic mass is 16.4. The molecule has 1 aromatic heterocycles. The topological polar surface area (TPSA) is 96.2 Å². The van der Waals surface area contributed by atoms with E-state index in [0.717, 1.165) is 18.4 Å². The molecule has 0 aliphatic heterocycles. The summed E-state index contributed by atoms with van der Waals surface area (Å²) in [5.41, 5.74) is 0.931. The zero-order valence-electron chi connectivity index (χ0n) is 12.5. The fraction of sp³-hybridized carbons (Fsp3) is 0.312. The molecule has 1 fully saturated rings. The Labute approximate surface area is 133 Å². The van der Waals surface area contributed by atoms with E-state index in [9.17, 15) is 9.59 Å². The van der Waals surface area contributed by atoms with Gasteiger partial charge in [0.25, 0.3) is 0 Å². The van der Waals surface area contributed by atoms with E-state index < -0.39 is 5.97 Å². The number of carboxylic acids is 1. The van der Waals surface area contributed by atoms with E-state index in [1.165, 1.54) is 12.5 Å². The summed E-state index contributed by atoms with van der Waals surface area (Å²) in [6.45, 7) is 0.254. The van der Waals surface area contributed by atoms with Gasteiger partial charge in [-0.1, -0.05) is 12.1 Å². The molecule has 0 saturated heterocycles. The lowest BCUT2D eigenvalue weighted by atomic mass is 9.93. The number of nitrogens with one attached hydrogen (secondary N) is 2. The highest BCUT2D eigenvalue weighted by molar-refractivity contribution is 5.89. The molecule has 3 N–H and O–H groups in total. The third-order valence-electron chi connectivity index (χ3n) is 3.96. The van der Waals surface area contributed by atoms with Crippen LogP contribution in [0.5, 0.6) is 0 Å². The van der Waals surface area contributed by atoms with E-state index in [-0.39, 0.29) is 18.1 Å². The van der Waals surface area contributed by atoms with Crippen molar-refractivity contribution in [1.82, 2.24) is 15.1 Å². The van der Waals surface area contributed by atoms with Crippen LogP contribution in [0.25, 0.3) is 0 Å². The summed E-state index contributed by atoms with van der Waals surface area (Å²) in [4.78, 5) is 22.9. The van der Waals surface area contributed by atoms with Crippen LogP contribution >= 0.6 is 0 Å². The maximum atomic E-state index is 12.0. The molecule has 1 aliphatic carbocycles. The molecule has 2 amide bonds. The number of rotatable bonds is 5. The van der Waals surface area contributed by atoms with Gasteiger partial charge in [0.15, 0.2) is 0 Å². The van der Waals surface area contributed by atoms with Gasteiger partial charge in [0, 0.05) is 12.6 Å². The zero-order valence-corrected chi connectivity index (χ0v) is 12.5. The maximum Gasteiger partial charge on any atom is 0.335 e. The monoisotopic (exact) mass is 314 g/mol. The van der Waals surface area contributed by atoms with Gasteiger partial charge in [0.05, 0.1) is 17.8 Å². The van der Waals surface area contributed by atoms with Gasteiger partial charge >= 0.3 is 12.0 Å². The Kier molecular flexibility index (Phi) is 4.27. The largest absolute Gasteiger partial charge is 0.478 e. The third kappa shape index (κ3) is 3.50. The molecule has 0 unspecified atom stereocenters. The lowest BCUT2D eigenvalue weighted by Crippen LogP contribution is -2.30. The van der Waals surface area contributed by atoms with E-state index in [1.54, 1.807) is 30.5 Å². The summed E-state index contributed by atoms with van der Waals surface area (Å²) < 4.78 is 1.84. The van der Waals surface area contributed by atoms with Crippen molar-refractivity contribution in [1.29, 1.82) is 0 Å². The summed E-state index contributed by atoms with van der Waals surface area (Å²) >= 11 is 0. The number of nitrogens with zero attached hydrogens (tertiary/aromatic N) is 2. The number of anilines is 1. The predicted octanol–water partition coefficient (Wildman–Crippen LogP) is 2.63. The molecule has 7 heteroatoms. The first-order valence-electron chi connectivity index (χ1n) is 7.54. The highest BCUT2D eigenvalue weighted by Crippen LogP contribution is 2.33. The quantitative estimate of drug-likeness (QED) is 0.790. The Hall–Kier alpha value is -2.83. The number of urea groups is 1. The van der Waals surface area contributed by atoms with Crippen molar-refractivity contribution >= 4 is 17.8 Å². The fourth-order valence-corrected chi connectivity index (χ4v) is 2.49. The molecule has 7 nitrogen and oxygen atoms in total. The summed E-state index contributed by atoms with van der Waals surface area (Å²) in [6.07, 6.45) is 5.03. The first-order valence-corrected chi connectivity index (χ1v) is 7.54. The zero-order chi connectivity index (χ0) is 16.2. The van der Waals surface area contributed by atoms with Gasteiger partial charge in [-0.2, -0.15) is 5.10 Å². The highest BCUT2D eigenvalue weighted by Gasteiger charge is 2.22. The van der Waals surface area contributed by atoms with Crippen molar-refractivity contribution < 1.29 is 14.7 Å². The average molecular weight is 314 g/mol. The van der Waals surface area contributed by atoms with Crippen LogP contribution in [0.4, 0.5) is 10.6 Å². The minimum absolute atomic E-state index is 0.202. The van der Waals surface area contributed by atoms with E-state index in [1.807, 2.05) is 4.68 Å². The Bertz CT molecular complexity index is 722. The van der Waals surface area contributed by atoms with Gasteiger partial charge in [0.1, 0.15) is 5.82 Å². The van der Waals surface area contributed by atoms with Gasteiger partial charge in [-0.15, -0.1) is 0 Å². The van der Waals surface area contributed by atoms with E-state index in [2.05, 4.69) is 15.7 Å². The summed E-state index contributed by atoms with van der Waals surface area (Å²) in [7, 11) is 0. The second kappa shape index (κ2) is 6.51. The Morgan fingerprint density at radius 3 is 2.83 bits per heavy atom. The van der Waals surface area contributed by atoms with Crippen molar-refractivity contribution in [2.45, 2.75) is 31.8 Å². The molecular weight excluding hydrogens is 296 g/mol. The van der Waals surface area contributed by atoms with E-state index in [4.69, 9.17) is 5.11 Å². The second-order valence-electron chi connectivity index (χ2n) is 5.56. The molecule has 2 aromatic rings. The van der Waals surface area contributed by atoms with Crippen LogP contribution in [0.3, 0.4) is 0 Å². The summed E-state index contributed by atoms with van der Waals surface area (Å²) in [6, 6.07) is 8.28. The van der Waals surface area contributed by atoms with E-state index in [0.29, 0.717) is 11.9 Å². The number of hydrogen-bond donors (Lipinski definition) is 3. The first kappa shape index (κ1) is 15.1. The van der Waals surface area contributed by atoms with Crippen LogP contribution in [-0.4, -0.2) is 26.9 Å². The number of aromatic carboxylic acids is 1. The van der Waals surface area contributed by atoms with Crippen LogP contribution in [-0.2, 0) is 6.54 Å². The molecular formula is C16H18N4O3. The van der Waals surface area contributed by atoms with E-state index >= 15 is 0 Å². The molecule has 23 heavy (non-hydrogen) atoms. The third-order valence-corrected chi connectivity index (χ3v) is 3.96. The summed E-state index contributed by atoms with van der Waals surface area (Å²) in [5, 5.41) is 18.7. The number of amides is 2. The van der Waals surface area contributed by atoms with Crippen molar-refractivity contribution in [3.63, 3.8) is 0 Å². The first-order chi connectivity index (χ1) is 11.1. The summed E-state index contributed by atoms with van der Waals surface area (Å²) in [5.74, 6) is -0.313. The molecule has 0 atom stereocenters. The molecule has 0 radical (unpaired) electrons. The van der Waals surface area contributed by atoms with Crippen molar-refractivity contribution in [2.24, 2.45) is 0 Å². The van der Waals surface area contributed by atoms with Crippen LogP contribution in [0.2, 0.25) is 0 Å². The fourth-order valence-electron chi connectivity index (χ4n) is 2.49. The molecule has 1 heterocycles. The number of carbonyl (C=O) groups is 2. The van der Waals surface area contributed by atoms with Gasteiger partial charge in [-0.05, 0) is 37.0 Å². The normalized spacial score (nSPS) is 14.1. The standard InChI is InChI=1S/C16H18N4O3/c21-15(22)12-4-1-3-11(9-12)10-17-16(23)19-14-7-8-18-20(14)13-5-2-6-13/h1,3-4,7-9,13H,2,5-6,10H2,(H,21,22)(H2,17,19,23). The lowest BCUT2D eigenvalue weighted by Gasteiger charge is -2.27. The Morgan fingerprint density at radius 1 is 1.30 bits per heavy atom. The molecule has 1 saturated carbocycles. The minimum Gasteiger partial charge on any atom is -0.478 e. The van der Waals surface area contributed by atoms with Crippen molar-refractivity contribution in [3.05, 3.63) is 47.7 Å². The molecule has 0 spiro atoms. The number of carboxylic acid groups (broad SMARTS) is 1. The van der Waals surface area contributed by atoms with Crippen molar-refractivity contribution in [2.75, 3.05) is 5.32 Å². The Balaban J connectivity index is 1.57. The minimum atomic E-state index is -0.985. The van der Waals surface area contributed by atoms with Gasteiger partial charge < -0.3 is 10.4 Å². The number of hydrogen-bond acceptors (Lipinski definition) is 3. The van der Waals surface area contributed by atoms with Gasteiger partial charge in [-0.3, -0.25) is 5.32 Å². The SMILES string of the molecule is O=C(NCc1cccc(C(=O)O)c1)Nc1ccnn1C1CCC1. The van der Waals surface area contributed by atoms with Crippen LogP contribution in [0.1, 0.15) is 41.2 Å². The predicted molar refractivity (Wildman–Crippen MR) is 84.4 cm³/mol. The van der Waals surface area contributed by atoms with Gasteiger partial charge in [0.2, 0.25) is 0 Å². The van der Waals surface area contributed by atoms with Crippen LogP contribution in [0.15, 0.2) is 36.5 Å². The Morgan fingerprint density at radius 2 is 2.13 bits per heavy atom. The van der Waals surface area contributed by atoms with Crippen LogP contribution in [0, 0.1) is 0 Å².